The second-order valence-electron chi connectivity index (χ2n) is 6.65. The second-order valence-corrected chi connectivity index (χ2v) is 7.51. The Morgan fingerprint density at radius 1 is 1.31 bits per heavy atom. The van der Waals surface area contributed by atoms with E-state index in [4.69, 9.17) is 0 Å². The third kappa shape index (κ3) is 3.40. The van der Waals surface area contributed by atoms with Crippen LogP contribution in [-0.2, 0) is 0 Å². The smallest absolute Gasteiger partial charge is 0.273 e. The fraction of sp³-hybridized carbons (Fsp3) is 0.316. The van der Waals surface area contributed by atoms with Crippen LogP contribution >= 0.6 is 11.3 Å². The maximum absolute atomic E-state index is 12.7. The van der Waals surface area contributed by atoms with Gasteiger partial charge >= 0.3 is 0 Å². The fourth-order valence-electron chi connectivity index (χ4n) is 3.06. The van der Waals surface area contributed by atoms with Crippen molar-refractivity contribution in [2.45, 2.75) is 19.9 Å². The molecule has 1 aromatic carbocycles. The van der Waals surface area contributed by atoms with Crippen LogP contribution < -0.4 is 5.32 Å². The number of carbonyl (C=O) groups excluding carboxylic acids is 1. The minimum absolute atomic E-state index is 0.00627. The number of aromatic nitrogens is 3. The Labute approximate surface area is 156 Å². The molecule has 3 aromatic rings. The number of nitrogens with one attached hydrogen (secondary N) is 1. The number of aryl methyl sites for hydroxylation is 1. The van der Waals surface area contributed by atoms with E-state index in [1.807, 2.05) is 33.3 Å². The van der Waals surface area contributed by atoms with Crippen LogP contribution in [0.1, 0.15) is 23.0 Å². The van der Waals surface area contributed by atoms with E-state index >= 15 is 0 Å². The van der Waals surface area contributed by atoms with Crippen LogP contribution in [0.3, 0.4) is 0 Å². The third-order valence-corrected chi connectivity index (χ3v) is 5.40. The van der Waals surface area contributed by atoms with Gasteiger partial charge in [-0.25, -0.2) is 9.67 Å². The largest absolute Gasteiger partial charge is 0.334 e. The first-order valence-electron chi connectivity index (χ1n) is 8.70. The number of nitrogens with zero attached hydrogens (tertiary/aromatic N) is 4. The Hall–Kier alpha value is -2.51. The highest BCUT2D eigenvalue weighted by atomic mass is 32.1. The molecule has 6 nitrogen and oxygen atoms in total. The lowest BCUT2D eigenvalue weighted by Gasteiger charge is -2.31. The Morgan fingerprint density at radius 3 is 2.88 bits per heavy atom. The van der Waals surface area contributed by atoms with E-state index in [1.165, 1.54) is 16.9 Å². The zero-order chi connectivity index (χ0) is 18.1. The van der Waals surface area contributed by atoms with Gasteiger partial charge in [-0.2, -0.15) is 5.10 Å². The van der Waals surface area contributed by atoms with Crippen molar-refractivity contribution in [3.8, 4) is 16.3 Å². The molecular weight excluding hydrogens is 346 g/mol. The summed E-state index contributed by atoms with van der Waals surface area (Å²) >= 11 is 1.48. The molecule has 3 heterocycles. The Morgan fingerprint density at radius 2 is 2.12 bits per heavy atom. The molecule has 1 amide bonds. The first-order valence-corrected chi connectivity index (χ1v) is 9.58. The van der Waals surface area contributed by atoms with Gasteiger partial charge in [0.25, 0.3) is 5.91 Å². The minimum atomic E-state index is 0.00627. The molecule has 0 saturated carbocycles. The van der Waals surface area contributed by atoms with Crippen molar-refractivity contribution in [1.82, 2.24) is 25.0 Å². The van der Waals surface area contributed by atoms with Gasteiger partial charge in [0.15, 0.2) is 0 Å². The third-order valence-electron chi connectivity index (χ3n) is 4.51. The van der Waals surface area contributed by atoms with Gasteiger partial charge in [0, 0.05) is 42.8 Å². The summed E-state index contributed by atoms with van der Waals surface area (Å²) in [5, 5.41) is 10.4. The molecule has 26 heavy (non-hydrogen) atoms. The highest BCUT2D eigenvalue weighted by Gasteiger charge is 2.23. The van der Waals surface area contributed by atoms with E-state index in [9.17, 15) is 4.79 Å². The second kappa shape index (κ2) is 7.01. The van der Waals surface area contributed by atoms with Crippen molar-refractivity contribution in [2.75, 3.05) is 19.6 Å². The van der Waals surface area contributed by atoms with Crippen LogP contribution in [0.15, 0.2) is 42.0 Å². The molecule has 0 unspecified atom stereocenters. The van der Waals surface area contributed by atoms with Crippen LogP contribution in [0.4, 0.5) is 0 Å². The molecule has 0 bridgehead atoms. The van der Waals surface area contributed by atoms with Crippen molar-refractivity contribution >= 4 is 17.2 Å². The molecule has 1 saturated heterocycles. The van der Waals surface area contributed by atoms with E-state index in [0.29, 0.717) is 11.7 Å². The van der Waals surface area contributed by atoms with E-state index in [2.05, 4.69) is 41.4 Å². The van der Waals surface area contributed by atoms with Crippen LogP contribution in [0.2, 0.25) is 0 Å². The van der Waals surface area contributed by atoms with Gasteiger partial charge < -0.3 is 10.2 Å². The monoisotopic (exact) mass is 367 g/mol. The summed E-state index contributed by atoms with van der Waals surface area (Å²) < 4.78 is 1.83. The van der Waals surface area contributed by atoms with E-state index in [1.54, 1.807) is 6.20 Å². The maximum atomic E-state index is 12.7. The van der Waals surface area contributed by atoms with E-state index in [-0.39, 0.29) is 5.91 Å². The summed E-state index contributed by atoms with van der Waals surface area (Å²) in [5.41, 5.74) is 3.65. The Balaban J connectivity index is 1.53. The van der Waals surface area contributed by atoms with Gasteiger partial charge in [-0.3, -0.25) is 4.79 Å². The van der Waals surface area contributed by atoms with Gasteiger partial charge in [-0.1, -0.05) is 17.7 Å². The van der Waals surface area contributed by atoms with Crippen LogP contribution in [0, 0.1) is 6.92 Å². The Bertz CT molecular complexity index is 914. The van der Waals surface area contributed by atoms with Gasteiger partial charge in [0.1, 0.15) is 10.7 Å². The van der Waals surface area contributed by atoms with Crippen LogP contribution in [0.5, 0.6) is 0 Å². The number of hydrogen-bond acceptors (Lipinski definition) is 5. The summed E-state index contributed by atoms with van der Waals surface area (Å²) in [7, 11) is 0. The van der Waals surface area contributed by atoms with Crippen LogP contribution in [0.25, 0.3) is 16.3 Å². The number of piperazine rings is 1. The minimum Gasteiger partial charge on any atom is -0.334 e. The van der Waals surface area contributed by atoms with E-state index in [0.717, 1.165) is 35.9 Å². The summed E-state index contributed by atoms with van der Waals surface area (Å²) in [6, 6.07) is 8.51. The molecule has 1 aliphatic rings. The molecule has 1 atom stereocenters. The van der Waals surface area contributed by atoms with Gasteiger partial charge in [0.05, 0.1) is 11.9 Å². The average Bonchev–Trinajstić information content (AvgIpc) is 3.31. The summed E-state index contributed by atoms with van der Waals surface area (Å²) in [6.07, 6.45) is 3.74. The van der Waals surface area contributed by atoms with Crippen molar-refractivity contribution in [3.05, 3.63) is 53.3 Å². The highest BCUT2D eigenvalue weighted by molar-refractivity contribution is 7.13. The van der Waals surface area contributed by atoms with Gasteiger partial charge in [0.2, 0.25) is 0 Å². The zero-order valence-corrected chi connectivity index (χ0v) is 15.7. The lowest BCUT2D eigenvalue weighted by molar-refractivity contribution is 0.0704. The van der Waals surface area contributed by atoms with Crippen molar-refractivity contribution in [3.63, 3.8) is 0 Å². The lowest BCUT2D eigenvalue weighted by Crippen LogP contribution is -2.51. The molecule has 2 aromatic heterocycles. The van der Waals surface area contributed by atoms with Crippen LogP contribution in [-0.4, -0.2) is 51.2 Å². The van der Waals surface area contributed by atoms with E-state index < -0.39 is 0 Å². The predicted octanol–water partition coefficient (Wildman–Crippen LogP) is 2.74. The summed E-state index contributed by atoms with van der Waals surface area (Å²) in [6.45, 7) is 6.42. The molecule has 7 heteroatoms. The fourth-order valence-corrected chi connectivity index (χ4v) is 3.82. The maximum Gasteiger partial charge on any atom is 0.273 e. The molecule has 0 aliphatic carbocycles. The highest BCUT2D eigenvalue weighted by Crippen LogP contribution is 2.25. The average molecular weight is 367 g/mol. The number of carbonyl (C=O) groups is 1. The van der Waals surface area contributed by atoms with Crippen molar-refractivity contribution < 1.29 is 4.79 Å². The van der Waals surface area contributed by atoms with Crippen molar-refractivity contribution in [1.29, 1.82) is 0 Å². The standard InChI is InChI=1S/C19H21N5OS/c1-13-3-5-16(6-4-13)24-11-15(9-21-24)18-22-17(12-26-18)19(25)23-8-7-20-14(2)10-23/h3-6,9,11-12,14,20H,7-8,10H2,1-2H3/t14-/m0/s1. The topological polar surface area (TPSA) is 63.1 Å². The normalized spacial score (nSPS) is 17.5. The SMILES string of the molecule is Cc1ccc(-n2cc(-c3nc(C(=O)N4CCN[C@@H](C)C4)cs3)cn2)cc1. The molecular formula is C19H21N5OS. The first kappa shape index (κ1) is 16.9. The number of rotatable bonds is 3. The molecule has 0 spiro atoms. The molecule has 0 radical (unpaired) electrons. The predicted molar refractivity (Wildman–Crippen MR) is 103 cm³/mol. The van der Waals surface area contributed by atoms with Gasteiger partial charge in [-0.05, 0) is 26.0 Å². The summed E-state index contributed by atoms with van der Waals surface area (Å²) in [4.78, 5) is 19.1. The number of hydrogen-bond donors (Lipinski definition) is 1. The Kier molecular flexibility index (Phi) is 4.57. The molecule has 1 fully saturated rings. The first-order chi connectivity index (χ1) is 12.6. The molecule has 4 rings (SSSR count). The van der Waals surface area contributed by atoms with Crippen molar-refractivity contribution in [2.24, 2.45) is 0 Å². The molecule has 1 aliphatic heterocycles. The van der Waals surface area contributed by atoms with Gasteiger partial charge in [-0.15, -0.1) is 11.3 Å². The number of benzene rings is 1. The quantitative estimate of drug-likeness (QED) is 0.773. The number of thiazole rings is 1. The number of amides is 1. The molecule has 134 valence electrons. The lowest BCUT2D eigenvalue weighted by atomic mass is 10.2. The molecule has 1 N–H and O–H groups in total. The summed E-state index contributed by atoms with van der Waals surface area (Å²) in [5.74, 6) is 0.00627. The zero-order valence-electron chi connectivity index (χ0n) is 14.8.